The molecule has 2 atom stereocenters. The SMILES string of the molecule is CCCCCCOc1ccc(C(=O)Oc2ccc(C(=O)OC(C)C(C)OC(=O)c3ccc(OC(=O)c4ccc(OCCCCCC)cc4)cc3)cc2)cc1. The van der Waals surface area contributed by atoms with Crippen LogP contribution in [0.2, 0.25) is 0 Å². The third kappa shape index (κ3) is 13.4. The number of esters is 4. The minimum absolute atomic E-state index is 0.229. The zero-order valence-electron chi connectivity index (χ0n) is 31.5. The van der Waals surface area contributed by atoms with Crippen LogP contribution >= 0.6 is 0 Å². The lowest BCUT2D eigenvalue weighted by Gasteiger charge is -2.21. The predicted molar refractivity (Wildman–Crippen MR) is 205 cm³/mol. The summed E-state index contributed by atoms with van der Waals surface area (Å²) >= 11 is 0. The summed E-state index contributed by atoms with van der Waals surface area (Å²) in [6.45, 7) is 8.81. The molecule has 4 aromatic carbocycles. The van der Waals surface area contributed by atoms with Gasteiger partial charge in [0.15, 0.2) is 0 Å². The summed E-state index contributed by atoms with van der Waals surface area (Å²) in [6.07, 6.45) is 7.35. The van der Waals surface area contributed by atoms with Crippen LogP contribution in [0.25, 0.3) is 0 Å². The second kappa shape index (κ2) is 21.8. The molecular formula is C44H50O10. The number of carbonyl (C=O) groups is 4. The Bertz CT molecular complexity index is 1630. The molecule has 0 aliphatic rings. The maximum Gasteiger partial charge on any atom is 0.343 e. The van der Waals surface area contributed by atoms with Gasteiger partial charge in [-0.15, -0.1) is 0 Å². The second-order valence-corrected chi connectivity index (χ2v) is 12.9. The first-order valence-electron chi connectivity index (χ1n) is 18.7. The van der Waals surface area contributed by atoms with Crippen LogP contribution in [-0.4, -0.2) is 49.3 Å². The van der Waals surface area contributed by atoms with E-state index < -0.39 is 36.1 Å². The Kier molecular flexibility index (Phi) is 16.6. The number of ether oxygens (including phenoxy) is 6. The van der Waals surface area contributed by atoms with E-state index in [1.807, 2.05) is 0 Å². The summed E-state index contributed by atoms with van der Waals surface area (Å²) in [7, 11) is 0. The summed E-state index contributed by atoms with van der Waals surface area (Å²) in [5.74, 6) is -0.452. The van der Waals surface area contributed by atoms with E-state index >= 15 is 0 Å². The zero-order chi connectivity index (χ0) is 38.7. The van der Waals surface area contributed by atoms with Crippen molar-refractivity contribution in [1.29, 1.82) is 0 Å². The van der Waals surface area contributed by atoms with Gasteiger partial charge in [0.05, 0.1) is 35.5 Å². The standard InChI is InChI=1S/C44H50O10/c1-5-7-9-11-29-49-37-21-13-35(14-22-37)43(47)53-39-25-17-33(18-26-39)41(45)51-31(3)32(4)52-42(46)34-19-27-40(28-20-34)54-44(48)36-15-23-38(24-16-36)50-30-12-10-8-6-2/h13-28,31-32H,5-12,29-30H2,1-4H3. The van der Waals surface area contributed by atoms with Gasteiger partial charge in [-0.1, -0.05) is 52.4 Å². The Morgan fingerprint density at radius 1 is 0.407 bits per heavy atom. The first kappa shape index (κ1) is 41.1. The molecule has 0 spiro atoms. The van der Waals surface area contributed by atoms with Crippen LogP contribution in [0.4, 0.5) is 0 Å². The molecular weight excluding hydrogens is 688 g/mol. The van der Waals surface area contributed by atoms with Gasteiger partial charge in [-0.25, -0.2) is 19.2 Å². The lowest BCUT2D eigenvalue weighted by Crippen LogP contribution is -2.30. The first-order chi connectivity index (χ1) is 26.2. The fraction of sp³-hybridized carbons (Fsp3) is 0.364. The third-order valence-corrected chi connectivity index (χ3v) is 8.56. The maximum absolute atomic E-state index is 12.8. The second-order valence-electron chi connectivity index (χ2n) is 12.9. The minimum atomic E-state index is -0.777. The van der Waals surface area contributed by atoms with Crippen molar-refractivity contribution >= 4 is 23.9 Å². The summed E-state index contributed by atoms with van der Waals surface area (Å²) in [5.41, 5.74) is 1.19. The van der Waals surface area contributed by atoms with Crippen molar-refractivity contribution in [2.45, 2.75) is 91.3 Å². The van der Waals surface area contributed by atoms with Crippen molar-refractivity contribution in [3.63, 3.8) is 0 Å². The van der Waals surface area contributed by atoms with Gasteiger partial charge in [-0.2, -0.15) is 0 Å². The van der Waals surface area contributed by atoms with Gasteiger partial charge in [0.25, 0.3) is 0 Å². The lowest BCUT2D eigenvalue weighted by atomic mass is 10.2. The average Bonchev–Trinajstić information content (AvgIpc) is 3.18. The monoisotopic (exact) mass is 738 g/mol. The maximum atomic E-state index is 12.8. The molecule has 0 radical (unpaired) electrons. The summed E-state index contributed by atoms with van der Waals surface area (Å²) in [6, 6.07) is 25.4. The van der Waals surface area contributed by atoms with E-state index in [2.05, 4.69) is 13.8 Å². The van der Waals surface area contributed by atoms with Crippen molar-refractivity contribution in [2.75, 3.05) is 13.2 Å². The van der Waals surface area contributed by atoms with Gasteiger partial charge in [-0.3, -0.25) is 0 Å². The van der Waals surface area contributed by atoms with Crippen LogP contribution in [-0.2, 0) is 9.47 Å². The van der Waals surface area contributed by atoms with E-state index in [0.717, 1.165) is 38.5 Å². The number of carbonyl (C=O) groups excluding carboxylic acids is 4. The van der Waals surface area contributed by atoms with E-state index in [1.54, 1.807) is 62.4 Å². The Morgan fingerprint density at radius 2 is 0.704 bits per heavy atom. The van der Waals surface area contributed by atoms with E-state index in [4.69, 9.17) is 28.4 Å². The molecule has 0 saturated heterocycles. The van der Waals surface area contributed by atoms with E-state index in [-0.39, 0.29) is 22.6 Å². The van der Waals surface area contributed by atoms with Crippen LogP contribution in [0, 0.1) is 0 Å². The van der Waals surface area contributed by atoms with Crippen molar-refractivity contribution < 1.29 is 47.6 Å². The highest BCUT2D eigenvalue weighted by Gasteiger charge is 2.23. The van der Waals surface area contributed by atoms with Gasteiger partial charge in [-0.05, 0) is 124 Å². The molecule has 0 bridgehead atoms. The normalized spacial score (nSPS) is 11.9. The molecule has 4 rings (SSSR count). The average molecular weight is 739 g/mol. The summed E-state index contributed by atoms with van der Waals surface area (Å²) in [5, 5.41) is 0. The van der Waals surface area contributed by atoms with Crippen molar-refractivity contribution in [3.8, 4) is 23.0 Å². The fourth-order valence-corrected chi connectivity index (χ4v) is 5.13. The molecule has 10 heteroatoms. The molecule has 0 fully saturated rings. The minimum Gasteiger partial charge on any atom is -0.494 e. The van der Waals surface area contributed by atoms with E-state index in [9.17, 15) is 19.2 Å². The van der Waals surface area contributed by atoms with Crippen molar-refractivity contribution in [2.24, 2.45) is 0 Å². The third-order valence-electron chi connectivity index (χ3n) is 8.56. The van der Waals surface area contributed by atoms with Crippen LogP contribution < -0.4 is 18.9 Å². The Hall–Kier alpha value is -5.64. The Balaban J connectivity index is 1.19. The number of unbranched alkanes of at least 4 members (excludes halogenated alkanes) is 6. The van der Waals surface area contributed by atoms with Crippen molar-refractivity contribution in [3.05, 3.63) is 119 Å². The summed E-state index contributed by atoms with van der Waals surface area (Å²) in [4.78, 5) is 50.9. The smallest absolute Gasteiger partial charge is 0.343 e. The number of hydrogen-bond acceptors (Lipinski definition) is 10. The molecule has 0 heterocycles. The van der Waals surface area contributed by atoms with Gasteiger partial charge in [0.1, 0.15) is 35.2 Å². The molecule has 0 amide bonds. The van der Waals surface area contributed by atoms with Gasteiger partial charge in [0, 0.05) is 0 Å². The first-order valence-corrected chi connectivity index (χ1v) is 18.7. The molecule has 0 aromatic heterocycles. The van der Waals surface area contributed by atoms with Crippen molar-refractivity contribution in [1.82, 2.24) is 0 Å². The Labute approximate surface area is 317 Å². The largest absolute Gasteiger partial charge is 0.494 e. The predicted octanol–water partition coefficient (Wildman–Crippen LogP) is 9.83. The fourth-order valence-electron chi connectivity index (χ4n) is 5.13. The van der Waals surface area contributed by atoms with Crippen LogP contribution in [0.5, 0.6) is 23.0 Å². The van der Waals surface area contributed by atoms with Crippen LogP contribution in [0.1, 0.15) is 120 Å². The molecule has 286 valence electrons. The van der Waals surface area contributed by atoms with E-state index in [0.29, 0.717) is 35.8 Å². The highest BCUT2D eigenvalue weighted by Crippen LogP contribution is 2.21. The zero-order valence-corrected chi connectivity index (χ0v) is 31.5. The van der Waals surface area contributed by atoms with Gasteiger partial charge in [0.2, 0.25) is 0 Å². The molecule has 10 nitrogen and oxygen atoms in total. The Morgan fingerprint density at radius 3 is 1.02 bits per heavy atom. The lowest BCUT2D eigenvalue weighted by molar-refractivity contribution is -0.0239. The highest BCUT2D eigenvalue weighted by molar-refractivity contribution is 5.93. The van der Waals surface area contributed by atoms with Crippen LogP contribution in [0.15, 0.2) is 97.1 Å². The highest BCUT2D eigenvalue weighted by atomic mass is 16.6. The number of rotatable bonds is 21. The molecule has 54 heavy (non-hydrogen) atoms. The quantitative estimate of drug-likeness (QED) is 0.0464. The molecule has 0 aliphatic carbocycles. The van der Waals surface area contributed by atoms with Crippen LogP contribution in [0.3, 0.4) is 0 Å². The molecule has 0 saturated carbocycles. The van der Waals surface area contributed by atoms with E-state index in [1.165, 1.54) is 61.4 Å². The molecule has 0 N–H and O–H groups in total. The van der Waals surface area contributed by atoms with Gasteiger partial charge >= 0.3 is 23.9 Å². The number of hydrogen-bond donors (Lipinski definition) is 0. The molecule has 2 unspecified atom stereocenters. The summed E-state index contributed by atoms with van der Waals surface area (Å²) < 4.78 is 33.4. The topological polar surface area (TPSA) is 124 Å². The molecule has 0 aliphatic heterocycles. The molecule has 4 aromatic rings. The van der Waals surface area contributed by atoms with Gasteiger partial charge < -0.3 is 28.4 Å². The number of benzene rings is 4.